The lowest BCUT2D eigenvalue weighted by Gasteiger charge is -2.35. The van der Waals surface area contributed by atoms with Crippen molar-refractivity contribution >= 4 is 11.5 Å². The van der Waals surface area contributed by atoms with Crippen LogP contribution in [0.5, 0.6) is 0 Å². The molecule has 106 valence electrons. The van der Waals surface area contributed by atoms with Gasteiger partial charge in [0.25, 0.3) is 0 Å². The molecule has 7 nitrogen and oxygen atoms in total. The highest BCUT2D eigenvalue weighted by Crippen LogP contribution is 2.16. The number of nitrogens with two attached hydrogens (primary N) is 1. The number of pyridine rings is 1. The van der Waals surface area contributed by atoms with Crippen molar-refractivity contribution in [2.45, 2.75) is 6.54 Å². The largest absolute Gasteiger partial charge is 0.384 e. The number of rotatable bonds is 3. The van der Waals surface area contributed by atoms with Crippen molar-refractivity contribution in [2.24, 2.45) is 7.05 Å². The van der Waals surface area contributed by atoms with Gasteiger partial charge in [-0.2, -0.15) is 5.10 Å². The van der Waals surface area contributed by atoms with Crippen molar-refractivity contribution in [3.8, 4) is 0 Å². The summed E-state index contributed by atoms with van der Waals surface area (Å²) >= 11 is 0. The molecule has 1 fully saturated rings. The average Bonchev–Trinajstić information content (AvgIpc) is 2.86. The van der Waals surface area contributed by atoms with Crippen LogP contribution in [0, 0.1) is 0 Å². The van der Waals surface area contributed by atoms with Gasteiger partial charge in [0.15, 0.2) is 0 Å². The van der Waals surface area contributed by atoms with E-state index in [0.717, 1.165) is 44.2 Å². The van der Waals surface area contributed by atoms with Crippen LogP contribution >= 0.6 is 0 Å². The number of aryl methyl sites for hydroxylation is 1. The second kappa shape index (κ2) is 5.46. The molecular weight excluding hydrogens is 254 g/mol. The minimum Gasteiger partial charge on any atom is -0.384 e. The number of hydrogen-bond acceptors (Lipinski definition) is 6. The van der Waals surface area contributed by atoms with Gasteiger partial charge in [-0.25, -0.2) is 9.97 Å². The highest BCUT2D eigenvalue weighted by molar-refractivity contribution is 5.48. The molecule has 0 aliphatic carbocycles. The molecule has 0 amide bonds. The van der Waals surface area contributed by atoms with E-state index in [1.165, 1.54) is 0 Å². The predicted molar refractivity (Wildman–Crippen MR) is 77.1 cm³/mol. The SMILES string of the molecule is Cn1ncnc1CN1CCN(c2ccc(N)nc2)CC1. The highest BCUT2D eigenvalue weighted by Gasteiger charge is 2.18. The van der Waals surface area contributed by atoms with Crippen LogP contribution in [-0.4, -0.2) is 50.8 Å². The Morgan fingerprint density at radius 3 is 2.55 bits per heavy atom. The van der Waals surface area contributed by atoms with Gasteiger partial charge in [0.2, 0.25) is 0 Å². The first kappa shape index (κ1) is 12.9. The quantitative estimate of drug-likeness (QED) is 0.855. The van der Waals surface area contributed by atoms with Gasteiger partial charge in [0, 0.05) is 33.2 Å². The van der Waals surface area contributed by atoms with Gasteiger partial charge in [0.05, 0.1) is 18.4 Å². The topological polar surface area (TPSA) is 76.1 Å². The van der Waals surface area contributed by atoms with Crippen molar-refractivity contribution in [3.05, 3.63) is 30.5 Å². The molecule has 0 aromatic carbocycles. The highest BCUT2D eigenvalue weighted by atomic mass is 15.3. The summed E-state index contributed by atoms with van der Waals surface area (Å²) in [6.07, 6.45) is 3.44. The van der Waals surface area contributed by atoms with E-state index in [0.29, 0.717) is 5.82 Å². The molecule has 1 aliphatic rings. The molecule has 1 aliphatic heterocycles. The fourth-order valence-electron chi connectivity index (χ4n) is 2.41. The molecule has 1 saturated heterocycles. The Hall–Kier alpha value is -2.15. The van der Waals surface area contributed by atoms with Crippen molar-refractivity contribution in [3.63, 3.8) is 0 Å². The number of nitrogens with zero attached hydrogens (tertiary/aromatic N) is 6. The van der Waals surface area contributed by atoms with Crippen molar-refractivity contribution in [1.82, 2.24) is 24.6 Å². The molecule has 7 heteroatoms. The zero-order valence-corrected chi connectivity index (χ0v) is 11.6. The number of nitrogen functional groups attached to an aromatic ring is 1. The van der Waals surface area contributed by atoms with Crippen LogP contribution in [0.3, 0.4) is 0 Å². The molecule has 20 heavy (non-hydrogen) atoms. The zero-order valence-electron chi connectivity index (χ0n) is 11.6. The van der Waals surface area contributed by atoms with E-state index in [9.17, 15) is 0 Å². The van der Waals surface area contributed by atoms with E-state index in [-0.39, 0.29) is 0 Å². The van der Waals surface area contributed by atoms with Gasteiger partial charge in [-0.3, -0.25) is 9.58 Å². The van der Waals surface area contributed by atoms with E-state index >= 15 is 0 Å². The predicted octanol–water partition coefficient (Wildman–Crippen LogP) is 0.115. The average molecular weight is 273 g/mol. The maximum Gasteiger partial charge on any atom is 0.140 e. The third-order valence-electron chi connectivity index (χ3n) is 3.68. The molecule has 2 aromatic heterocycles. The Morgan fingerprint density at radius 1 is 1.15 bits per heavy atom. The number of aromatic nitrogens is 4. The molecule has 0 radical (unpaired) electrons. The lowest BCUT2D eigenvalue weighted by Crippen LogP contribution is -2.46. The van der Waals surface area contributed by atoms with Crippen LogP contribution in [0.1, 0.15) is 5.82 Å². The third-order valence-corrected chi connectivity index (χ3v) is 3.68. The van der Waals surface area contributed by atoms with E-state index in [2.05, 4.69) is 24.9 Å². The summed E-state index contributed by atoms with van der Waals surface area (Å²) in [5, 5.41) is 4.10. The second-order valence-corrected chi connectivity index (χ2v) is 5.00. The van der Waals surface area contributed by atoms with E-state index in [1.807, 2.05) is 30.1 Å². The Labute approximate surface area is 118 Å². The summed E-state index contributed by atoms with van der Waals surface area (Å²) in [6.45, 7) is 4.85. The van der Waals surface area contributed by atoms with Crippen LogP contribution in [0.4, 0.5) is 11.5 Å². The Morgan fingerprint density at radius 2 is 1.95 bits per heavy atom. The van der Waals surface area contributed by atoms with Gasteiger partial charge >= 0.3 is 0 Å². The van der Waals surface area contributed by atoms with Crippen LogP contribution in [0.15, 0.2) is 24.7 Å². The zero-order chi connectivity index (χ0) is 13.9. The minimum atomic E-state index is 0.565. The van der Waals surface area contributed by atoms with Crippen molar-refractivity contribution < 1.29 is 0 Å². The van der Waals surface area contributed by atoms with Gasteiger partial charge in [0.1, 0.15) is 18.0 Å². The van der Waals surface area contributed by atoms with Gasteiger partial charge in [-0.1, -0.05) is 0 Å². The van der Waals surface area contributed by atoms with E-state index in [4.69, 9.17) is 5.73 Å². The van der Waals surface area contributed by atoms with E-state index in [1.54, 1.807) is 6.33 Å². The first-order valence-corrected chi connectivity index (χ1v) is 6.74. The number of piperazine rings is 1. The maximum absolute atomic E-state index is 5.62. The number of hydrogen-bond donors (Lipinski definition) is 1. The van der Waals surface area contributed by atoms with Crippen LogP contribution in [0.25, 0.3) is 0 Å². The second-order valence-electron chi connectivity index (χ2n) is 5.00. The molecule has 0 spiro atoms. The summed E-state index contributed by atoms with van der Waals surface area (Å²) < 4.78 is 1.83. The molecule has 3 heterocycles. The molecule has 0 unspecified atom stereocenters. The van der Waals surface area contributed by atoms with Crippen LogP contribution < -0.4 is 10.6 Å². The normalized spacial score (nSPS) is 16.6. The van der Waals surface area contributed by atoms with Gasteiger partial charge in [-0.05, 0) is 12.1 Å². The molecule has 3 rings (SSSR count). The lowest BCUT2D eigenvalue weighted by atomic mass is 10.2. The first-order chi connectivity index (χ1) is 9.72. The molecule has 2 aromatic rings. The van der Waals surface area contributed by atoms with E-state index < -0.39 is 0 Å². The van der Waals surface area contributed by atoms with Crippen LogP contribution in [-0.2, 0) is 13.6 Å². The summed E-state index contributed by atoms with van der Waals surface area (Å²) in [5.41, 5.74) is 6.75. The molecule has 0 bridgehead atoms. The van der Waals surface area contributed by atoms with Crippen molar-refractivity contribution in [1.29, 1.82) is 0 Å². The lowest BCUT2D eigenvalue weighted by molar-refractivity contribution is 0.241. The third kappa shape index (κ3) is 2.72. The Balaban J connectivity index is 1.57. The summed E-state index contributed by atoms with van der Waals surface area (Å²) in [7, 11) is 1.93. The fraction of sp³-hybridized carbons (Fsp3) is 0.462. The molecule has 0 atom stereocenters. The maximum atomic E-state index is 5.62. The Kier molecular flexibility index (Phi) is 3.51. The summed E-state index contributed by atoms with van der Waals surface area (Å²) in [6, 6.07) is 3.88. The smallest absolute Gasteiger partial charge is 0.140 e. The Bertz CT molecular complexity index is 554. The summed E-state index contributed by atoms with van der Waals surface area (Å²) in [5.74, 6) is 1.57. The van der Waals surface area contributed by atoms with Gasteiger partial charge in [-0.15, -0.1) is 0 Å². The molecule has 2 N–H and O–H groups in total. The fourth-order valence-corrected chi connectivity index (χ4v) is 2.41. The monoisotopic (exact) mass is 273 g/mol. The molecule has 0 saturated carbocycles. The number of anilines is 2. The minimum absolute atomic E-state index is 0.565. The van der Waals surface area contributed by atoms with Crippen molar-refractivity contribution in [2.75, 3.05) is 36.8 Å². The summed E-state index contributed by atoms with van der Waals surface area (Å²) in [4.78, 5) is 13.1. The van der Waals surface area contributed by atoms with Gasteiger partial charge < -0.3 is 10.6 Å². The first-order valence-electron chi connectivity index (χ1n) is 6.74. The molecular formula is C13H19N7. The standard InChI is InChI=1S/C13H19N7/c1-18-13(16-10-17-18)9-19-4-6-20(7-5-19)11-2-3-12(14)15-8-11/h2-3,8,10H,4-7,9H2,1H3,(H2,14,15). The van der Waals surface area contributed by atoms with Crippen LogP contribution in [0.2, 0.25) is 0 Å².